The van der Waals surface area contributed by atoms with Crippen molar-refractivity contribution in [2.75, 3.05) is 33.2 Å². The lowest BCUT2D eigenvalue weighted by Crippen LogP contribution is -3.12. The zero-order chi connectivity index (χ0) is 13.3. The minimum atomic E-state index is -1.05. The van der Waals surface area contributed by atoms with Gasteiger partial charge in [-0.05, 0) is 12.1 Å². The molecule has 1 fully saturated rings. The van der Waals surface area contributed by atoms with Gasteiger partial charge >= 0.3 is 0 Å². The topological polar surface area (TPSA) is 24.8 Å². The van der Waals surface area contributed by atoms with Gasteiger partial charge in [0.25, 0.3) is 5.91 Å². The number of carbonyl (C=O) groups excluding carboxylic acids is 1. The van der Waals surface area contributed by atoms with E-state index in [2.05, 4.69) is 0 Å². The summed E-state index contributed by atoms with van der Waals surface area (Å²) in [6.45, 7) is 2.88. The van der Waals surface area contributed by atoms with Crippen LogP contribution in [0.5, 0.6) is 0 Å². The fourth-order valence-electron chi connectivity index (χ4n) is 1.95. The molecule has 0 spiro atoms. The second kappa shape index (κ2) is 5.20. The molecule has 1 aromatic rings. The summed E-state index contributed by atoms with van der Waals surface area (Å²) in [5.41, 5.74) is 0.0233. The summed E-state index contributed by atoms with van der Waals surface area (Å²) in [4.78, 5) is 15.1. The van der Waals surface area contributed by atoms with Gasteiger partial charge in [-0.3, -0.25) is 4.79 Å². The van der Waals surface area contributed by atoms with Crippen LogP contribution in [-0.4, -0.2) is 44.0 Å². The number of likely N-dealkylation sites (N-methyl/N-ethyl adjacent to an activating group) is 1. The molecule has 98 valence electrons. The van der Waals surface area contributed by atoms with Gasteiger partial charge in [0.2, 0.25) is 0 Å². The molecule has 3 nitrogen and oxygen atoms in total. The van der Waals surface area contributed by atoms with Crippen LogP contribution in [0, 0.1) is 11.6 Å². The zero-order valence-corrected chi connectivity index (χ0v) is 10.7. The average molecular weight is 276 g/mol. The lowest BCUT2D eigenvalue weighted by atomic mass is 10.1. The van der Waals surface area contributed by atoms with E-state index in [0.717, 1.165) is 25.2 Å². The van der Waals surface area contributed by atoms with Crippen LogP contribution in [0.4, 0.5) is 8.78 Å². The largest absolute Gasteiger partial charge is 0.334 e. The van der Waals surface area contributed by atoms with Gasteiger partial charge in [0.15, 0.2) is 11.6 Å². The Bertz CT molecular complexity index is 473. The van der Waals surface area contributed by atoms with E-state index in [0.29, 0.717) is 13.1 Å². The van der Waals surface area contributed by atoms with Crippen LogP contribution in [0.2, 0.25) is 5.02 Å². The van der Waals surface area contributed by atoms with Crippen molar-refractivity contribution in [2.45, 2.75) is 0 Å². The summed E-state index contributed by atoms with van der Waals surface area (Å²) in [6, 6.07) is 1.70. The average Bonchev–Trinajstić information content (AvgIpc) is 2.34. The number of amides is 1. The molecule has 0 saturated carbocycles. The van der Waals surface area contributed by atoms with Gasteiger partial charge in [0, 0.05) is 0 Å². The van der Waals surface area contributed by atoms with Gasteiger partial charge in [-0.25, -0.2) is 8.78 Å². The second-order valence-corrected chi connectivity index (χ2v) is 4.90. The lowest BCUT2D eigenvalue weighted by molar-refractivity contribution is -0.883. The normalized spacial score (nSPS) is 17.0. The van der Waals surface area contributed by atoms with Crippen molar-refractivity contribution >= 4 is 17.5 Å². The number of piperazine rings is 1. The van der Waals surface area contributed by atoms with Crippen molar-refractivity contribution in [1.29, 1.82) is 0 Å². The number of benzene rings is 1. The molecule has 0 bridgehead atoms. The summed E-state index contributed by atoms with van der Waals surface area (Å²) in [5.74, 6) is -2.44. The molecule has 0 radical (unpaired) electrons. The van der Waals surface area contributed by atoms with Crippen LogP contribution >= 0.6 is 11.6 Å². The molecule has 0 atom stereocenters. The number of quaternary nitrogens is 1. The molecule has 6 heteroatoms. The van der Waals surface area contributed by atoms with Crippen LogP contribution in [-0.2, 0) is 0 Å². The first-order valence-corrected chi connectivity index (χ1v) is 6.12. The first-order chi connectivity index (χ1) is 8.49. The van der Waals surface area contributed by atoms with E-state index in [-0.39, 0.29) is 16.5 Å². The smallest absolute Gasteiger partial charge is 0.255 e. The first kappa shape index (κ1) is 13.2. The molecule has 0 unspecified atom stereocenters. The Morgan fingerprint density at radius 1 is 1.28 bits per heavy atom. The molecule has 2 rings (SSSR count). The van der Waals surface area contributed by atoms with Crippen LogP contribution < -0.4 is 4.90 Å². The first-order valence-electron chi connectivity index (χ1n) is 5.74. The number of hydrogen-bond donors (Lipinski definition) is 1. The molecule has 1 heterocycles. The Kier molecular flexibility index (Phi) is 3.82. The molecule has 1 N–H and O–H groups in total. The lowest BCUT2D eigenvalue weighted by Gasteiger charge is -2.30. The Labute approximate surface area is 109 Å². The third-order valence-corrected chi connectivity index (χ3v) is 3.46. The van der Waals surface area contributed by atoms with Crippen molar-refractivity contribution in [3.05, 3.63) is 34.4 Å². The van der Waals surface area contributed by atoms with Crippen molar-refractivity contribution in [1.82, 2.24) is 4.90 Å². The number of rotatable bonds is 1. The minimum Gasteiger partial charge on any atom is -0.334 e. The monoisotopic (exact) mass is 275 g/mol. The summed E-state index contributed by atoms with van der Waals surface area (Å²) in [7, 11) is 2.05. The highest BCUT2D eigenvalue weighted by atomic mass is 35.5. The predicted molar refractivity (Wildman–Crippen MR) is 63.9 cm³/mol. The number of hydrogen-bond acceptors (Lipinski definition) is 1. The Hall–Kier alpha value is -1.20. The van der Waals surface area contributed by atoms with Gasteiger partial charge in [-0.15, -0.1) is 0 Å². The Morgan fingerprint density at radius 3 is 2.44 bits per heavy atom. The van der Waals surface area contributed by atoms with E-state index in [4.69, 9.17) is 11.6 Å². The highest BCUT2D eigenvalue weighted by Crippen LogP contribution is 2.21. The standard InChI is InChI=1S/C12H13ClF2N2O/c1-16-2-4-17(5-3-16)12(18)8-6-10(14)11(15)7-9(8)13/h6-7H,2-5H2,1H3/p+1. The Morgan fingerprint density at radius 2 is 1.83 bits per heavy atom. The van der Waals surface area contributed by atoms with E-state index >= 15 is 0 Å². The second-order valence-electron chi connectivity index (χ2n) is 4.50. The molecular formula is C12H14ClF2N2O+. The van der Waals surface area contributed by atoms with Crippen LogP contribution in [0.15, 0.2) is 12.1 Å². The zero-order valence-electron chi connectivity index (χ0n) is 9.97. The summed E-state index contributed by atoms with van der Waals surface area (Å²) in [6.07, 6.45) is 0. The molecule has 1 aliphatic heterocycles. The molecule has 0 aliphatic carbocycles. The maximum Gasteiger partial charge on any atom is 0.255 e. The van der Waals surface area contributed by atoms with Crippen molar-refractivity contribution in [2.24, 2.45) is 0 Å². The van der Waals surface area contributed by atoms with Crippen molar-refractivity contribution in [3.63, 3.8) is 0 Å². The molecule has 18 heavy (non-hydrogen) atoms. The van der Waals surface area contributed by atoms with Crippen molar-refractivity contribution < 1.29 is 18.5 Å². The SMILES string of the molecule is C[NH+]1CCN(C(=O)c2cc(F)c(F)cc2Cl)CC1. The highest BCUT2D eigenvalue weighted by molar-refractivity contribution is 6.33. The van der Waals surface area contributed by atoms with Crippen LogP contribution in [0.3, 0.4) is 0 Å². The van der Waals surface area contributed by atoms with Crippen LogP contribution in [0.1, 0.15) is 10.4 Å². The van der Waals surface area contributed by atoms with Crippen molar-refractivity contribution in [3.8, 4) is 0 Å². The summed E-state index contributed by atoms with van der Waals surface area (Å²) < 4.78 is 26.1. The van der Waals surface area contributed by atoms with Crippen LogP contribution in [0.25, 0.3) is 0 Å². The van der Waals surface area contributed by atoms with Gasteiger partial charge in [0.05, 0.1) is 43.8 Å². The number of carbonyl (C=O) groups is 1. The van der Waals surface area contributed by atoms with E-state index in [1.807, 2.05) is 7.05 Å². The molecule has 1 aliphatic rings. The quantitative estimate of drug-likeness (QED) is 0.746. The summed E-state index contributed by atoms with van der Waals surface area (Å²) in [5, 5.41) is -0.0508. The van der Waals surface area contributed by atoms with E-state index in [1.54, 1.807) is 4.90 Å². The maximum absolute atomic E-state index is 13.1. The molecule has 1 aromatic carbocycles. The summed E-state index contributed by atoms with van der Waals surface area (Å²) >= 11 is 5.78. The fraction of sp³-hybridized carbons (Fsp3) is 0.417. The Balaban J connectivity index is 2.21. The third kappa shape index (κ3) is 2.62. The molecular weight excluding hydrogens is 262 g/mol. The van der Waals surface area contributed by atoms with E-state index in [9.17, 15) is 13.6 Å². The predicted octanol–water partition coefficient (Wildman–Crippen LogP) is 0.589. The third-order valence-electron chi connectivity index (χ3n) is 3.14. The number of nitrogens with zero attached hydrogens (tertiary/aromatic N) is 1. The number of nitrogens with one attached hydrogen (secondary N) is 1. The molecule has 0 aromatic heterocycles. The van der Waals surface area contributed by atoms with E-state index in [1.165, 1.54) is 4.90 Å². The molecule has 1 saturated heterocycles. The van der Waals surface area contributed by atoms with Gasteiger partial charge in [-0.1, -0.05) is 11.6 Å². The maximum atomic E-state index is 13.1. The van der Waals surface area contributed by atoms with E-state index < -0.39 is 11.6 Å². The highest BCUT2D eigenvalue weighted by Gasteiger charge is 2.25. The van der Waals surface area contributed by atoms with Gasteiger partial charge in [0.1, 0.15) is 0 Å². The number of halogens is 3. The molecule has 1 amide bonds. The fourth-order valence-corrected chi connectivity index (χ4v) is 2.18. The minimum absolute atomic E-state index is 0.0233. The van der Waals surface area contributed by atoms with Gasteiger partial charge < -0.3 is 9.80 Å². The van der Waals surface area contributed by atoms with Gasteiger partial charge in [-0.2, -0.15) is 0 Å².